The highest BCUT2D eigenvalue weighted by Crippen LogP contribution is 2.22. The number of Topliss-reactive ketones (excluding diaryl/α,β-unsaturated/α-hetero) is 2. The minimum atomic E-state index is -0.821. The quantitative estimate of drug-likeness (QED) is 0.590. The molecule has 84 valence electrons. The fraction of sp³-hybridized carbons (Fsp3) is 0.333. The van der Waals surface area contributed by atoms with Gasteiger partial charge in [0.15, 0.2) is 11.6 Å². The fourth-order valence-corrected chi connectivity index (χ4v) is 1.83. The molecule has 1 aromatic rings. The summed E-state index contributed by atoms with van der Waals surface area (Å²) < 4.78 is 0. The van der Waals surface area contributed by atoms with Crippen molar-refractivity contribution in [3.05, 3.63) is 28.8 Å². The van der Waals surface area contributed by atoms with Crippen LogP contribution in [0, 0.1) is 0 Å². The van der Waals surface area contributed by atoms with E-state index < -0.39 is 6.10 Å². The predicted molar refractivity (Wildman–Crippen MR) is 65.3 cm³/mol. The van der Waals surface area contributed by atoms with E-state index in [1.54, 1.807) is 19.1 Å². The summed E-state index contributed by atoms with van der Waals surface area (Å²) in [6.45, 7) is 4.43. The SMILES string of the molecule is Bc1cc(C(C)=O)c(C(C)O)c(C(C)=O)c1. The van der Waals surface area contributed by atoms with Crippen LogP contribution in [0.5, 0.6) is 0 Å². The first-order valence-electron chi connectivity index (χ1n) is 5.19. The molecule has 1 atom stereocenters. The second-order valence-corrected chi connectivity index (χ2v) is 4.06. The van der Waals surface area contributed by atoms with Gasteiger partial charge in [-0.3, -0.25) is 9.59 Å². The fourth-order valence-electron chi connectivity index (χ4n) is 1.83. The molecular formula is C12H15BO3. The van der Waals surface area contributed by atoms with E-state index in [0.29, 0.717) is 16.7 Å². The van der Waals surface area contributed by atoms with E-state index in [1.165, 1.54) is 13.8 Å². The summed E-state index contributed by atoms with van der Waals surface area (Å²) >= 11 is 0. The molecule has 0 spiro atoms. The van der Waals surface area contributed by atoms with Crippen LogP contribution in [0.4, 0.5) is 0 Å². The molecule has 1 aromatic carbocycles. The van der Waals surface area contributed by atoms with Gasteiger partial charge >= 0.3 is 0 Å². The Morgan fingerprint density at radius 3 is 1.81 bits per heavy atom. The van der Waals surface area contributed by atoms with Gasteiger partial charge in [-0.05, 0) is 20.8 Å². The number of carbonyl (C=O) groups is 2. The number of aliphatic hydroxyl groups excluding tert-OH is 1. The zero-order valence-corrected chi connectivity index (χ0v) is 10.00. The Balaban J connectivity index is 3.60. The summed E-state index contributed by atoms with van der Waals surface area (Å²) in [6, 6.07) is 3.41. The van der Waals surface area contributed by atoms with E-state index >= 15 is 0 Å². The Hall–Kier alpha value is -1.42. The molecule has 0 saturated heterocycles. The highest BCUT2D eigenvalue weighted by atomic mass is 16.3. The van der Waals surface area contributed by atoms with Gasteiger partial charge in [-0.25, -0.2) is 0 Å². The van der Waals surface area contributed by atoms with Gasteiger partial charge in [0.05, 0.1) is 6.10 Å². The number of hydrogen-bond acceptors (Lipinski definition) is 3. The zero-order valence-electron chi connectivity index (χ0n) is 10.00. The summed E-state index contributed by atoms with van der Waals surface area (Å²) in [4.78, 5) is 23.0. The summed E-state index contributed by atoms with van der Waals surface area (Å²) in [5, 5.41) is 9.67. The van der Waals surface area contributed by atoms with E-state index in [0.717, 1.165) is 5.46 Å². The van der Waals surface area contributed by atoms with Crippen molar-refractivity contribution in [3.8, 4) is 0 Å². The zero-order chi connectivity index (χ0) is 12.5. The summed E-state index contributed by atoms with van der Waals surface area (Å²) in [6.07, 6.45) is -0.821. The third kappa shape index (κ3) is 2.39. The molecule has 0 fully saturated rings. The highest BCUT2D eigenvalue weighted by Gasteiger charge is 2.19. The Morgan fingerprint density at radius 2 is 1.56 bits per heavy atom. The molecule has 4 heteroatoms. The number of carbonyl (C=O) groups excluding carboxylic acids is 2. The number of ketones is 2. The van der Waals surface area contributed by atoms with Gasteiger partial charge in [-0.2, -0.15) is 0 Å². The number of hydrogen-bond donors (Lipinski definition) is 1. The van der Waals surface area contributed by atoms with Crippen LogP contribution in [0.2, 0.25) is 0 Å². The number of rotatable bonds is 3. The molecule has 1 unspecified atom stereocenters. The van der Waals surface area contributed by atoms with E-state index in [1.807, 2.05) is 7.85 Å². The van der Waals surface area contributed by atoms with Crippen LogP contribution in [0.3, 0.4) is 0 Å². The highest BCUT2D eigenvalue weighted by molar-refractivity contribution is 6.33. The third-order valence-electron chi connectivity index (χ3n) is 2.50. The van der Waals surface area contributed by atoms with E-state index in [2.05, 4.69) is 0 Å². The van der Waals surface area contributed by atoms with E-state index in [9.17, 15) is 14.7 Å². The maximum atomic E-state index is 11.5. The topological polar surface area (TPSA) is 54.4 Å². The molecule has 0 radical (unpaired) electrons. The van der Waals surface area contributed by atoms with Crippen molar-refractivity contribution >= 4 is 24.9 Å². The Labute approximate surface area is 95.9 Å². The van der Waals surface area contributed by atoms with Gasteiger partial charge in [0.25, 0.3) is 0 Å². The molecule has 0 aliphatic rings. The Bertz CT molecular complexity index is 415. The van der Waals surface area contributed by atoms with Crippen LogP contribution in [-0.2, 0) is 0 Å². The van der Waals surface area contributed by atoms with Crippen molar-refractivity contribution in [2.24, 2.45) is 0 Å². The lowest BCUT2D eigenvalue weighted by atomic mass is 9.85. The van der Waals surface area contributed by atoms with Crippen molar-refractivity contribution in [1.29, 1.82) is 0 Å². The number of benzene rings is 1. The Kier molecular flexibility index (Phi) is 3.65. The average Bonchev–Trinajstić information content (AvgIpc) is 2.15. The van der Waals surface area contributed by atoms with E-state index in [-0.39, 0.29) is 11.6 Å². The minimum absolute atomic E-state index is 0.137. The molecule has 0 aliphatic carbocycles. The minimum Gasteiger partial charge on any atom is -0.389 e. The predicted octanol–water partition coefficient (Wildman–Crippen LogP) is 0.404. The van der Waals surface area contributed by atoms with Gasteiger partial charge in [0.2, 0.25) is 0 Å². The third-order valence-corrected chi connectivity index (χ3v) is 2.50. The van der Waals surface area contributed by atoms with Gasteiger partial charge in [0, 0.05) is 16.7 Å². The van der Waals surface area contributed by atoms with Gasteiger partial charge in [-0.1, -0.05) is 17.6 Å². The molecule has 3 nitrogen and oxygen atoms in total. The summed E-state index contributed by atoms with van der Waals surface area (Å²) in [5.41, 5.74) is 2.14. The Morgan fingerprint density at radius 1 is 1.19 bits per heavy atom. The summed E-state index contributed by atoms with van der Waals surface area (Å²) in [5.74, 6) is -0.274. The molecule has 0 bridgehead atoms. The van der Waals surface area contributed by atoms with Gasteiger partial charge in [-0.15, -0.1) is 0 Å². The first kappa shape index (κ1) is 12.7. The van der Waals surface area contributed by atoms with Crippen molar-refractivity contribution in [2.45, 2.75) is 26.9 Å². The molecule has 0 aliphatic heterocycles. The largest absolute Gasteiger partial charge is 0.389 e. The lowest BCUT2D eigenvalue weighted by Gasteiger charge is -2.15. The first-order valence-corrected chi connectivity index (χ1v) is 5.19. The van der Waals surface area contributed by atoms with Crippen LogP contribution < -0.4 is 5.46 Å². The van der Waals surface area contributed by atoms with Gasteiger partial charge in [0.1, 0.15) is 7.85 Å². The molecule has 0 aromatic heterocycles. The van der Waals surface area contributed by atoms with E-state index in [4.69, 9.17) is 0 Å². The molecule has 0 heterocycles. The van der Waals surface area contributed by atoms with Crippen molar-refractivity contribution in [3.63, 3.8) is 0 Å². The lowest BCUT2D eigenvalue weighted by Crippen LogP contribution is -2.16. The lowest BCUT2D eigenvalue weighted by molar-refractivity contribution is 0.100. The second-order valence-electron chi connectivity index (χ2n) is 4.06. The number of aliphatic hydroxyl groups is 1. The van der Waals surface area contributed by atoms with Crippen molar-refractivity contribution in [2.75, 3.05) is 0 Å². The van der Waals surface area contributed by atoms with Crippen LogP contribution in [0.25, 0.3) is 0 Å². The van der Waals surface area contributed by atoms with Crippen LogP contribution in [0.15, 0.2) is 12.1 Å². The molecule has 16 heavy (non-hydrogen) atoms. The molecule has 0 saturated carbocycles. The molecule has 1 rings (SSSR count). The van der Waals surface area contributed by atoms with Crippen LogP contribution in [-0.4, -0.2) is 24.5 Å². The normalized spacial score (nSPS) is 12.2. The molecule has 1 N–H and O–H groups in total. The average molecular weight is 218 g/mol. The standard InChI is InChI=1S/C12H15BO3/c1-6(14)10-4-9(13)5-11(7(2)15)12(10)8(3)16/h4-5,8,16H,13H2,1-3H3. The first-order chi connectivity index (χ1) is 7.34. The van der Waals surface area contributed by atoms with Crippen molar-refractivity contribution in [1.82, 2.24) is 0 Å². The smallest absolute Gasteiger partial charge is 0.160 e. The van der Waals surface area contributed by atoms with Crippen LogP contribution in [0.1, 0.15) is 53.2 Å². The maximum Gasteiger partial charge on any atom is 0.160 e. The monoisotopic (exact) mass is 218 g/mol. The molecular weight excluding hydrogens is 203 g/mol. The maximum absolute atomic E-state index is 11.5. The van der Waals surface area contributed by atoms with Crippen LogP contribution >= 0.6 is 0 Å². The summed E-state index contributed by atoms with van der Waals surface area (Å²) in [7, 11) is 1.82. The van der Waals surface area contributed by atoms with Gasteiger partial charge < -0.3 is 5.11 Å². The van der Waals surface area contributed by atoms with Crippen molar-refractivity contribution < 1.29 is 14.7 Å². The molecule has 0 amide bonds. The second kappa shape index (κ2) is 4.62.